The smallest absolute Gasteiger partial charge is 0.328 e. The number of carbonyl (C=O) groups is 1. The molecule has 4 N–H and O–H groups in total. The number of imidazole rings is 1. The molecule has 0 aromatic carbocycles. The number of H-pyrrole nitrogens is 1. The van der Waals surface area contributed by atoms with Crippen LogP contribution in [0, 0.1) is 6.92 Å². The Labute approximate surface area is 75.3 Å². The fraction of sp³-hybridized carbons (Fsp3) is 0.250. The largest absolute Gasteiger partial charge is 0.478 e. The average molecular weight is 181 g/mol. The van der Waals surface area contributed by atoms with E-state index >= 15 is 0 Å². The molecule has 0 aliphatic rings. The maximum absolute atomic E-state index is 10.4. The van der Waals surface area contributed by atoms with Crippen LogP contribution in [0.1, 0.15) is 18.3 Å². The van der Waals surface area contributed by atoms with E-state index in [0.717, 1.165) is 11.8 Å². The number of aliphatic carboxylic acids is 1. The molecule has 1 aromatic heterocycles. The summed E-state index contributed by atoms with van der Waals surface area (Å²) in [6.07, 6.45) is 1.10. The van der Waals surface area contributed by atoms with Gasteiger partial charge in [0.1, 0.15) is 0 Å². The number of anilines is 1. The first kappa shape index (κ1) is 9.31. The Morgan fingerprint density at radius 2 is 2.31 bits per heavy atom. The highest BCUT2D eigenvalue weighted by Crippen LogP contribution is 2.16. The first-order valence-corrected chi connectivity index (χ1v) is 3.74. The van der Waals surface area contributed by atoms with E-state index in [1.54, 1.807) is 13.8 Å². The number of hydrogen-bond donors (Lipinski definition) is 3. The second-order valence-corrected chi connectivity index (χ2v) is 2.76. The zero-order valence-corrected chi connectivity index (χ0v) is 7.46. The van der Waals surface area contributed by atoms with Gasteiger partial charge in [-0.3, -0.25) is 0 Å². The van der Waals surface area contributed by atoms with Crippen molar-refractivity contribution in [3.63, 3.8) is 0 Å². The summed E-state index contributed by atoms with van der Waals surface area (Å²) in [6, 6.07) is 0. The summed E-state index contributed by atoms with van der Waals surface area (Å²) < 4.78 is 0. The molecule has 1 heterocycles. The number of aromatic amines is 1. The molecular formula is C8H11N3O2. The number of nitrogens with zero attached hydrogens (tertiary/aromatic N) is 1. The van der Waals surface area contributed by atoms with Crippen LogP contribution in [0.5, 0.6) is 0 Å². The minimum atomic E-state index is -0.988. The Kier molecular flexibility index (Phi) is 2.36. The molecule has 1 rings (SSSR count). The van der Waals surface area contributed by atoms with E-state index in [9.17, 15) is 4.79 Å². The summed E-state index contributed by atoms with van der Waals surface area (Å²) >= 11 is 0. The van der Waals surface area contributed by atoms with Gasteiger partial charge in [-0.25, -0.2) is 9.78 Å². The lowest BCUT2D eigenvalue weighted by Gasteiger charge is -1.94. The molecule has 0 saturated heterocycles. The van der Waals surface area contributed by atoms with E-state index in [2.05, 4.69) is 9.97 Å². The third-order valence-corrected chi connectivity index (χ3v) is 1.62. The van der Waals surface area contributed by atoms with Gasteiger partial charge < -0.3 is 15.8 Å². The maximum Gasteiger partial charge on any atom is 0.328 e. The van der Waals surface area contributed by atoms with Crippen LogP contribution in [-0.4, -0.2) is 21.0 Å². The summed E-state index contributed by atoms with van der Waals surface area (Å²) in [5.74, 6) is -0.691. The van der Waals surface area contributed by atoms with E-state index in [0.29, 0.717) is 17.2 Å². The minimum absolute atomic E-state index is 0.297. The predicted octanol–water partition coefficient (Wildman–Crippen LogP) is 0.788. The summed E-state index contributed by atoms with van der Waals surface area (Å²) in [7, 11) is 0. The van der Waals surface area contributed by atoms with Gasteiger partial charge in [0.15, 0.2) is 5.95 Å². The number of carboxylic acids is 1. The Hall–Kier alpha value is -1.78. The number of carboxylic acid groups (broad SMARTS) is 1. The van der Waals surface area contributed by atoms with Crippen LogP contribution in [0.3, 0.4) is 0 Å². The first-order chi connectivity index (χ1) is 6.00. The van der Waals surface area contributed by atoms with Crippen molar-refractivity contribution in [3.05, 3.63) is 17.5 Å². The fourth-order valence-corrected chi connectivity index (χ4v) is 1.12. The summed E-state index contributed by atoms with van der Waals surface area (Å²) in [6.45, 7) is 3.47. The Balaban J connectivity index is 3.08. The molecule has 0 aliphatic carbocycles. The Morgan fingerprint density at radius 1 is 1.69 bits per heavy atom. The van der Waals surface area contributed by atoms with Gasteiger partial charge in [0.25, 0.3) is 0 Å². The molecule has 0 atom stereocenters. The molecule has 1 aromatic rings. The lowest BCUT2D eigenvalue weighted by molar-refractivity contribution is -0.131. The summed E-state index contributed by atoms with van der Waals surface area (Å²) in [5.41, 5.74) is 7.36. The number of nitrogens with two attached hydrogens (primary N) is 1. The molecule has 0 bridgehead atoms. The van der Waals surface area contributed by atoms with Crippen LogP contribution in [-0.2, 0) is 4.79 Å². The van der Waals surface area contributed by atoms with Crippen molar-refractivity contribution in [2.45, 2.75) is 13.8 Å². The van der Waals surface area contributed by atoms with Gasteiger partial charge in [-0.15, -0.1) is 0 Å². The quantitative estimate of drug-likeness (QED) is 0.588. The van der Waals surface area contributed by atoms with Crippen LogP contribution in [0.2, 0.25) is 0 Å². The van der Waals surface area contributed by atoms with Crippen LogP contribution in [0.4, 0.5) is 5.95 Å². The molecule has 0 fully saturated rings. The van der Waals surface area contributed by atoms with Gasteiger partial charge in [0.05, 0.1) is 5.69 Å². The molecule has 0 amide bonds. The van der Waals surface area contributed by atoms with Crippen molar-refractivity contribution in [1.82, 2.24) is 9.97 Å². The number of rotatable bonds is 2. The van der Waals surface area contributed by atoms with E-state index in [-0.39, 0.29) is 0 Å². The number of aromatic nitrogens is 2. The molecule has 5 heteroatoms. The third kappa shape index (κ3) is 2.08. The topological polar surface area (TPSA) is 92.0 Å². The number of hydrogen-bond acceptors (Lipinski definition) is 3. The molecule has 5 nitrogen and oxygen atoms in total. The van der Waals surface area contributed by atoms with Crippen LogP contribution in [0.15, 0.2) is 6.08 Å². The van der Waals surface area contributed by atoms with E-state index in [1.165, 1.54) is 0 Å². The highest BCUT2D eigenvalue weighted by molar-refractivity contribution is 5.89. The molecule has 0 spiro atoms. The molecule has 0 aliphatic heterocycles. The minimum Gasteiger partial charge on any atom is -0.478 e. The van der Waals surface area contributed by atoms with Crippen molar-refractivity contribution in [3.8, 4) is 0 Å². The number of aryl methyl sites for hydroxylation is 1. The molecule has 13 heavy (non-hydrogen) atoms. The average Bonchev–Trinajstić information content (AvgIpc) is 2.28. The normalized spacial score (nSPS) is 11.7. The van der Waals surface area contributed by atoms with Crippen molar-refractivity contribution >= 4 is 17.5 Å². The first-order valence-electron chi connectivity index (χ1n) is 3.74. The van der Waals surface area contributed by atoms with E-state index in [4.69, 9.17) is 10.8 Å². The number of allylic oxidation sites excluding steroid dienone is 1. The second-order valence-electron chi connectivity index (χ2n) is 2.76. The number of nitrogens with one attached hydrogen (secondary N) is 1. The van der Waals surface area contributed by atoms with Gasteiger partial charge in [0, 0.05) is 11.8 Å². The molecule has 0 unspecified atom stereocenters. The highest BCUT2D eigenvalue weighted by atomic mass is 16.4. The van der Waals surface area contributed by atoms with Gasteiger partial charge in [-0.2, -0.15) is 0 Å². The lowest BCUT2D eigenvalue weighted by atomic mass is 10.2. The zero-order chi connectivity index (χ0) is 10.0. The fourth-order valence-electron chi connectivity index (χ4n) is 1.12. The molecular weight excluding hydrogens is 170 g/mol. The second kappa shape index (κ2) is 3.30. The summed E-state index contributed by atoms with van der Waals surface area (Å²) in [4.78, 5) is 17.1. The van der Waals surface area contributed by atoms with Crippen LogP contribution in [0.25, 0.3) is 5.57 Å². The Morgan fingerprint density at radius 3 is 2.69 bits per heavy atom. The monoisotopic (exact) mass is 181 g/mol. The maximum atomic E-state index is 10.4. The van der Waals surface area contributed by atoms with Gasteiger partial charge in [0.2, 0.25) is 0 Å². The molecule has 0 saturated carbocycles. The SMILES string of the molecule is C/C(=C\C(=O)O)c1nc(N)[nH]c1C. The number of nitrogen functional groups attached to an aromatic ring is 1. The van der Waals surface area contributed by atoms with Gasteiger partial charge in [-0.1, -0.05) is 0 Å². The highest BCUT2D eigenvalue weighted by Gasteiger charge is 2.06. The van der Waals surface area contributed by atoms with Crippen molar-refractivity contribution < 1.29 is 9.90 Å². The molecule has 0 radical (unpaired) electrons. The van der Waals surface area contributed by atoms with Gasteiger partial charge >= 0.3 is 5.97 Å². The van der Waals surface area contributed by atoms with Gasteiger partial charge in [-0.05, 0) is 19.4 Å². The Bertz CT molecular complexity index is 365. The van der Waals surface area contributed by atoms with Crippen molar-refractivity contribution in [1.29, 1.82) is 0 Å². The van der Waals surface area contributed by atoms with Crippen LogP contribution < -0.4 is 5.73 Å². The molecule has 70 valence electrons. The van der Waals surface area contributed by atoms with E-state index in [1.807, 2.05) is 0 Å². The third-order valence-electron chi connectivity index (χ3n) is 1.62. The van der Waals surface area contributed by atoms with E-state index < -0.39 is 5.97 Å². The summed E-state index contributed by atoms with van der Waals surface area (Å²) in [5, 5.41) is 8.50. The lowest BCUT2D eigenvalue weighted by Crippen LogP contribution is -1.92. The predicted molar refractivity (Wildman–Crippen MR) is 49.0 cm³/mol. The van der Waals surface area contributed by atoms with Crippen molar-refractivity contribution in [2.24, 2.45) is 0 Å². The van der Waals surface area contributed by atoms with Crippen LogP contribution >= 0.6 is 0 Å². The zero-order valence-electron chi connectivity index (χ0n) is 7.46. The van der Waals surface area contributed by atoms with Crippen molar-refractivity contribution in [2.75, 3.05) is 5.73 Å². The standard InChI is InChI=1S/C8H11N3O2/c1-4(3-6(12)13)7-5(2)10-8(9)11-7/h3H,1-2H3,(H,12,13)(H3,9,10,11)/b4-3+.